The number of guanidine groups is 1. The molecule has 146 valence electrons. The molecule has 1 saturated heterocycles. The fourth-order valence-corrected chi connectivity index (χ4v) is 3.71. The van der Waals surface area contributed by atoms with Gasteiger partial charge in [0.1, 0.15) is 5.65 Å². The van der Waals surface area contributed by atoms with Crippen LogP contribution in [0.25, 0.3) is 5.65 Å². The van der Waals surface area contributed by atoms with Crippen molar-refractivity contribution in [1.82, 2.24) is 19.6 Å². The van der Waals surface area contributed by atoms with Gasteiger partial charge in [-0.15, -0.1) is 0 Å². The van der Waals surface area contributed by atoms with Crippen LogP contribution < -0.4 is 11.1 Å². The van der Waals surface area contributed by atoms with Crippen LogP contribution in [0.15, 0.2) is 59.9 Å². The molecule has 1 aromatic carbocycles. The van der Waals surface area contributed by atoms with Crippen LogP contribution in [0.4, 0.5) is 0 Å². The Morgan fingerprint density at radius 3 is 2.79 bits per heavy atom. The molecule has 0 aliphatic carbocycles. The van der Waals surface area contributed by atoms with E-state index in [0.29, 0.717) is 18.5 Å². The van der Waals surface area contributed by atoms with Gasteiger partial charge in [0.15, 0.2) is 5.96 Å². The van der Waals surface area contributed by atoms with Crippen molar-refractivity contribution in [3.05, 3.63) is 71.7 Å². The maximum Gasteiger partial charge on any atom is 0.189 e. The van der Waals surface area contributed by atoms with E-state index in [1.165, 1.54) is 11.1 Å². The number of nitrogens with two attached hydrogens (primary N) is 1. The van der Waals surface area contributed by atoms with E-state index in [-0.39, 0.29) is 0 Å². The largest absolute Gasteiger partial charge is 0.370 e. The Labute approximate surface area is 166 Å². The summed E-state index contributed by atoms with van der Waals surface area (Å²) in [6.07, 6.45) is 6.19. The summed E-state index contributed by atoms with van der Waals surface area (Å²) < 4.78 is 2.02. The molecule has 28 heavy (non-hydrogen) atoms. The van der Waals surface area contributed by atoms with Gasteiger partial charge < -0.3 is 15.5 Å². The van der Waals surface area contributed by atoms with Gasteiger partial charge >= 0.3 is 0 Å². The lowest BCUT2D eigenvalue weighted by Gasteiger charge is -2.32. The van der Waals surface area contributed by atoms with E-state index in [1.54, 1.807) is 0 Å². The van der Waals surface area contributed by atoms with E-state index in [2.05, 4.69) is 69.6 Å². The van der Waals surface area contributed by atoms with Crippen LogP contribution in [0.1, 0.15) is 29.7 Å². The Kier molecular flexibility index (Phi) is 5.58. The molecule has 1 aliphatic rings. The van der Waals surface area contributed by atoms with Crippen molar-refractivity contribution in [1.29, 1.82) is 0 Å². The second kappa shape index (κ2) is 8.44. The van der Waals surface area contributed by atoms with E-state index >= 15 is 0 Å². The first-order chi connectivity index (χ1) is 13.7. The van der Waals surface area contributed by atoms with Crippen LogP contribution in [0.3, 0.4) is 0 Å². The number of likely N-dealkylation sites (tertiary alicyclic amines) is 1. The summed E-state index contributed by atoms with van der Waals surface area (Å²) in [4.78, 5) is 11.6. The zero-order valence-corrected chi connectivity index (χ0v) is 16.4. The highest BCUT2D eigenvalue weighted by Crippen LogP contribution is 2.14. The van der Waals surface area contributed by atoms with Gasteiger partial charge in [-0.05, 0) is 43.0 Å². The SMILES string of the molecule is Cc1ccn2cc(CN=C(N)NC3CCN(Cc4ccccc4)CC3)nc2c1. The van der Waals surface area contributed by atoms with Crippen molar-refractivity contribution < 1.29 is 0 Å². The van der Waals surface area contributed by atoms with Gasteiger partial charge in [-0.25, -0.2) is 9.98 Å². The van der Waals surface area contributed by atoms with Gasteiger partial charge in [0.05, 0.1) is 12.2 Å². The number of piperidine rings is 1. The number of imidazole rings is 1. The summed E-state index contributed by atoms with van der Waals surface area (Å²) in [7, 11) is 0. The Morgan fingerprint density at radius 2 is 2.00 bits per heavy atom. The molecule has 0 unspecified atom stereocenters. The first kappa shape index (κ1) is 18.5. The van der Waals surface area contributed by atoms with E-state index in [0.717, 1.165) is 43.8 Å². The van der Waals surface area contributed by atoms with Gasteiger partial charge in [-0.3, -0.25) is 4.90 Å². The third-order valence-corrected chi connectivity index (χ3v) is 5.27. The quantitative estimate of drug-likeness (QED) is 0.531. The van der Waals surface area contributed by atoms with Gasteiger partial charge in [0.25, 0.3) is 0 Å². The Balaban J connectivity index is 1.26. The van der Waals surface area contributed by atoms with Crippen LogP contribution >= 0.6 is 0 Å². The van der Waals surface area contributed by atoms with Gasteiger partial charge in [-0.2, -0.15) is 0 Å². The van der Waals surface area contributed by atoms with Crippen molar-refractivity contribution in [2.24, 2.45) is 10.7 Å². The monoisotopic (exact) mass is 376 g/mol. The number of nitrogens with one attached hydrogen (secondary N) is 1. The lowest BCUT2D eigenvalue weighted by Crippen LogP contribution is -2.46. The van der Waals surface area contributed by atoms with Crippen LogP contribution in [-0.2, 0) is 13.1 Å². The molecule has 0 atom stereocenters. The minimum Gasteiger partial charge on any atom is -0.370 e. The first-order valence-electron chi connectivity index (χ1n) is 9.93. The number of hydrogen-bond donors (Lipinski definition) is 2. The number of aliphatic imine (C=N–C) groups is 1. The third-order valence-electron chi connectivity index (χ3n) is 5.27. The summed E-state index contributed by atoms with van der Waals surface area (Å²) in [6, 6.07) is 15.2. The lowest BCUT2D eigenvalue weighted by atomic mass is 10.0. The molecule has 0 radical (unpaired) electrons. The standard InChI is InChI=1S/C22H28N6/c1-17-7-12-28-16-20(25-21(28)13-17)14-24-22(23)26-19-8-10-27(11-9-19)15-18-5-3-2-4-6-18/h2-7,12-13,16,19H,8-11,14-15H2,1H3,(H3,23,24,26). The number of pyridine rings is 1. The molecule has 3 N–H and O–H groups in total. The molecular weight excluding hydrogens is 348 g/mol. The van der Waals surface area contributed by atoms with E-state index in [1.807, 2.05) is 16.8 Å². The molecule has 3 aromatic rings. The van der Waals surface area contributed by atoms with Crippen molar-refractivity contribution >= 4 is 11.6 Å². The second-order valence-electron chi connectivity index (χ2n) is 7.58. The topological polar surface area (TPSA) is 71.0 Å². The zero-order chi connectivity index (χ0) is 19.3. The predicted octanol–water partition coefficient (Wildman–Crippen LogP) is 2.71. The fraction of sp³-hybridized carbons (Fsp3) is 0.364. The number of nitrogens with zero attached hydrogens (tertiary/aromatic N) is 4. The number of hydrogen-bond acceptors (Lipinski definition) is 3. The van der Waals surface area contributed by atoms with Crippen molar-refractivity contribution in [3.63, 3.8) is 0 Å². The van der Waals surface area contributed by atoms with E-state index in [9.17, 15) is 0 Å². The Hall–Kier alpha value is -2.86. The molecule has 0 spiro atoms. The highest BCUT2D eigenvalue weighted by molar-refractivity contribution is 5.78. The lowest BCUT2D eigenvalue weighted by molar-refractivity contribution is 0.199. The molecule has 6 heteroatoms. The van der Waals surface area contributed by atoms with Gasteiger partial charge in [0, 0.05) is 38.1 Å². The molecule has 2 aromatic heterocycles. The van der Waals surface area contributed by atoms with Crippen molar-refractivity contribution in [2.75, 3.05) is 13.1 Å². The van der Waals surface area contributed by atoms with Gasteiger partial charge in [0.2, 0.25) is 0 Å². The van der Waals surface area contributed by atoms with Crippen molar-refractivity contribution in [2.45, 2.75) is 38.9 Å². The summed E-state index contributed by atoms with van der Waals surface area (Å²) >= 11 is 0. The number of aryl methyl sites for hydroxylation is 1. The number of fused-ring (bicyclic) bond motifs is 1. The molecule has 0 amide bonds. The molecule has 0 bridgehead atoms. The first-order valence-corrected chi connectivity index (χ1v) is 9.93. The maximum absolute atomic E-state index is 6.12. The summed E-state index contributed by atoms with van der Waals surface area (Å²) in [5.41, 5.74) is 10.6. The second-order valence-corrected chi connectivity index (χ2v) is 7.58. The molecule has 6 nitrogen and oxygen atoms in total. The molecule has 3 heterocycles. The summed E-state index contributed by atoms with van der Waals surface area (Å²) in [6.45, 7) is 5.73. The molecular formula is C22H28N6. The number of aromatic nitrogens is 2. The smallest absolute Gasteiger partial charge is 0.189 e. The van der Waals surface area contributed by atoms with Gasteiger partial charge in [-0.1, -0.05) is 30.3 Å². The minimum absolute atomic E-state index is 0.388. The third kappa shape index (κ3) is 4.70. The highest BCUT2D eigenvalue weighted by atomic mass is 15.2. The van der Waals surface area contributed by atoms with Crippen LogP contribution in [0, 0.1) is 6.92 Å². The maximum atomic E-state index is 6.12. The number of benzene rings is 1. The Morgan fingerprint density at radius 1 is 1.21 bits per heavy atom. The van der Waals surface area contributed by atoms with Crippen LogP contribution in [0.5, 0.6) is 0 Å². The highest BCUT2D eigenvalue weighted by Gasteiger charge is 2.19. The zero-order valence-electron chi connectivity index (χ0n) is 16.4. The van der Waals surface area contributed by atoms with E-state index < -0.39 is 0 Å². The summed E-state index contributed by atoms with van der Waals surface area (Å²) in [5.74, 6) is 0.509. The van der Waals surface area contributed by atoms with Crippen LogP contribution in [0.2, 0.25) is 0 Å². The Bertz CT molecular complexity index is 938. The normalized spacial score (nSPS) is 16.5. The fourth-order valence-electron chi connectivity index (χ4n) is 3.71. The average Bonchev–Trinajstić information content (AvgIpc) is 3.11. The molecule has 4 rings (SSSR count). The van der Waals surface area contributed by atoms with Crippen molar-refractivity contribution in [3.8, 4) is 0 Å². The predicted molar refractivity (Wildman–Crippen MR) is 113 cm³/mol. The van der Waals surface area contributed by atoms with E-state index in [4.69, 9.17) is 5.73 Å². The molecule has 1 fully saturated rings. The van der Waals surface area contributed by atoms with Crippen LogP contribution in [-0.4, -0.2) is 39.4 Å². The average molecular weight is 377 g/mol. The minimum atomic E-state index is 0.388. The molecule has 1 aliphatic heterocycles. The molecule has 0 saturated carbocycles. The number of rotatable bonds is 5. The summed E-state index contributed by atoms with van der Waals surface area (Å²) in [5, 5.41) is 3.38.